The van der Waals surface area contributed by atoms with E-state index in [0.29, 0.717) is 23.1 Å². The van der Waals surface area contributed by atoms with Crippen LogP contribution in [0.5, 0.6) is 11.5 Å². The number of fused-ring (bicyclic) bond motifs is 1. The van der Waals surface area contributed by atoms with E-state index in [1.165, 1.54) is 13.0 Å². The van der Waals surface area contributed by atoms with Crippen LogP contribution in [0.4, 0.5) is 0 Å². The molecule has 1 unspecified atom stereocenters. The molecule has 1 aromatic carbocycles. The van der Waals surface area contributed by atoms with Crippen molar-refractivity contribution >= 4 is 5.97 Å². The molecule has 1 aliphatic carbocycles. The van der Waals surface area contributed by atoms with Crippen molar-refractivity contribution in [3.8, 4) is 11.5 Å². The largest absolute Gasteiger partial charge is 0.507 e. The third-order valence-corrected chi connectivity index (χ3v) is 2.82. The Balaban J connectivity index is 2.54. The van der Waals surface area contributed by atoms with Gasteiger partial charge in [-0.25, -0.2) is 0 Å². The zero-order chi connectivity index (χ0) is 12.6. The lowest BCUT2D eigenvalue weighted by molar-refractivity contribution is -0.144. The molecule has 90 valence electrons. The standard InChI is InChI=1S/C13H14O4/c1-7-6-10(15)12-9(13(7)16)4-3-5-11(12)17-8(2)14/h3,5-6,11,15-16H,4H2,1-2H3. The van der Waals surface area contributed by atoms with E-state index in [4.69, 9.17) is 4.74 Å². The average molecular weight is 234 g/mol. The van der Waals surface area contributed by atoms with Crippen LogP contribution in [-0.4, -0.2) is 16.2 Å². The molecule has 0 heterocycles. The zero-order valence-corrected chi connectivity index (χ0v) is 9.73. The zero-order valence-electron chi connectivity index (χ0n) is 9.73. The van der Waals surface area contributed by atoms with Gasteiger partial charge in [-0.2, -0.15) is 0 Å². The van der Waals surface area contributed by atoms with Crippen LogP contribution in [0.3, 0.4) is 0 Å². The minimum Gasteiger partial charge on any atom is -0.507 e. The van der Waals surface area contributed by atoms with E-state index in [1.54, 1.807) is 13.0 Å². The number of esters is 1. The van der Waals surface area contributed by atoms with Gasteiger partial charge in [0, 0.05) is 18.1 Å². The number of hydrogen-bond donors (Lipinski definition) is 2. The first kappa shape index (κ1) is 11.5. The van der Waals surface area contributed by atoms with Crippen LogP contribution in [0.2, 0.25) is 0 Å². The van der Waals surface area contributed by atoms with E-state index in [2.05, 4.69) is 0 Å². The van der Waals surface area contributed by atoms with Crippen molar-refractivity contribution in [2.45, 2.75) is 26.4 Å². The molecule has 2 rings (SSSR count). The summed E-state index contributed by atoms with van der Waals surface area (Å²) in [6, 6.07) is 1.48. The number of allylic oxidation sites excluding steroid dienone is 1. The highest BCUT2D eigenvalue weighted by Crippen LogP contribution is 2.41. The highest BCUT2D eigenvalue weighted by molar-refractivity contribution is 5.67. The summed E-state index contributed by atoms with van der Waals surface area (Å²) < 4.78 is 5.10. The van der Waals surface area contributed by atoms with Crippen molar-refractivity contribution in [3.63, 3.8) is 0 Å². The molecule has 0 aromatic heterocycles. The number of phenols is 2. The lowest BCUT2D eigenvalue weighted by Gasteiger charge is -2.23. The van der Waals surface area contributed by atoms with Crippen molar-refractivity contribution in [1.82, 2.24) is 0 Å². The van der Waals surface area contributed by atoms with Gasteiger partial charge in [0.2, 0.25) is 0 Å². The van der Waals surface area contributed by atoms with E-state index < -0.39 is 12.1 Å². The normalized spacial score (nSPS) is 17.6. The van der Waals surface area contributed by atoms with Gasteiger partial charge in [-0.3, -0.25) is 4.79 Å². The smallest absolute Gasteiger partial charge is 0.303 e. The Morgan fingerprint density at radius 2 is 2.18 bits per heavy atom. The predicted octanol–water partition coefficient (Wildman–Crippen LogP) is 2.12. The van der Waals surface area contributed by atoms with Gasteiger partial charge < -0.3 is 14.9 Å². The first-order valence-electron chi connectivity index (χ1n) is 5.39. The van der Waals surface area contributed by atoms with Crippen LogP contribution in [0.25, 0.3) is 0 Å². The molecular formula is C13H14O4. The average Bonchev–Trinajstić information content (AvgIpc) is 2.25. The quantitative estimate of drug-likeness (QED) is 0.443. The van der Waals surface area contributed by atoms with Gasteiger partial charge in [-0.1, -0.05) is 6.08 Å². The van der Waals surface area contributed by atoms with E-state index in [9.17, 15) is 15.0 Å². The molecule has 17 heavy (non-hydrogen) atoms. The molecule has 0 saturated carbocycles. The first-order chi connectivity index (χ1) is 8.00. The molecule has 0 aliphatic heterocycles. The van der Waals surface area contributed by atoms with Gasteiger partial charge >= 0.3 is 5.97 Å². The number of carbonyl (C=O) groups is 1. The summed E-state index contributed by atoms with van der Waals surface area (Å²) in [5.41, 5.74) is 1.71. The van der Waals surface area contributed by atoms with Gasteiger partial charge in [0.05, 0.1) is 0 Å². The van der Waals surface area contributed by atoms with E-state index in [-0.39, 0.29) is 11.5 Å². The number of aromatic hydroxyl groups is 2. The summed E-state index contributed by atoms with van der Waals surface area (Å²) >= 11 is 0. The first-order valence-corrected chi connectivity index (χ1v) is 5.39. The molecule has 2 N–H and O–H groups in total. The molecule has 0 fully saturated rings. The van der Waals surface area contributed by atoms with Gasteiger partial charge in [-0.15, -0.1) is 0 Å². The third-order valence-electron chi connectivity index (χ3n) is 2.82. The topological polar surface area (TPSA) is 66.8 Å². The molecule has 0 spiro atoms. The van der Waals surface area contributed by atoms with Gasteiger partial charge in [0.1, 0.15) is 17.6 Å². The molecule has 4 nitrogen and oxygen atoms in total. The molecule has 0 saturated heterocycles. The Hall–Kier alpha value is -1.97. The third kappa shape index (κ3) is 1.98. The Labute approximate surface area is 99.2 Å². The number of ether oxygens (including phenoxy) is 1. The Kier molecular flexibility index (Phi) is 2.79. The Bertz CT molecular complexity index is 503. The summed E-state index contributed by atoms with van der Waals surface area (Å²) in [7, 11) is 0. The second kappa shape index (κ2) is 4.13. The monoisotopic (exact) mass is 234 g/mol. The van der Waals surface area contributed by atoms with Crippen LogP contribution in [0, 0.1) is 6.92 Å². The summed E-state index contributed by atoms with van der Waals surface area (Å²) in [5.74, 6) is -0.225. The maximum Gasteiger partial charge on any atom is 0.303 e. The van der Waals surface area contributed by atoms with Crippen LogP contribution in [0.15, 0.2) is 18.2 Å². The van der Waals surface area contributed by atoms with Crippen LogP contribution in [0.1, 0.15) is 29.7 Å². The molecular weight excluding hydrogens is 220 g/mol. The second-order valence-corrected chi connectivity index (χ2v) is 4.12. The number of hydrogen-bond acceptors (Lipinski definition) is 4. The number of carbonyl (C=O) groups excluding carboxylic acids is 1. The maximum atomic E-state index is 11.0. The SMILES string of the molecule is CC(=O)OC1C=CCc2c(O)c(C)cc(O)c21. The van der Waals surface area contributed by atoms with Crippen LogP contribution >= 0.6 is 0 Å². The van der Waals surface area contributed by atoms with Crippen LogP contribution in [-0.2, 0) is 16.0 Å². The Morgan fingerprint density at radius 3 is 2.82 bits per heavy atom. The molecule has 0 amide bonds. The van der Waals surface area contributed by atoms with E-state index >= 15 is 0 Å². The Morgan fingerprint density at radius 1 is 1.47 bits per heavy atom. The second-order valence-electron chi connectivity index (χ2n) is 4.12. The van der Waals surface area contributed by atoms with Crippen molar-refractivity contribution in [2.24, 2.45) is 0 Å². The molecule has 1 atom stereocenters. The predicted molar refractivity (Wildman–Crippen MR) is 61.9 cm³/mol. The fraction of sp³-hybridized carbons (Fsp3) is 0.308. The highest BCUT2D eigenvalue weighted by atomic mass is 16.5. The van der Waals surface area contributed by atoms with Crippen LogP contribution < -0.4 is 0 Å². The highest BCUT2D eigenvalue weighted by Gasteiger charge is 2.25. The van der Waals surface area contributed by atoms with Crippen molar-refractivity contribution in [1.29, 1.82) is 0 Å². The molecule has 1 aliphatic rings. The fourth-order valence-electron chi connectivity index (χ4n) is 2.08. The van der Waals surface area contributed by atoms with Crippen molar-refractivity contribution < 1.29 is 19.7 Å². The minimum atomic E-state index is -0.622. The summed E-state index contributed by atoms with van der Waals surface area (Å²) in [5, 5.41) is 19.8. The number of rotatable bonds is 1. The van der Waals surface area contributed by atoms with E-state index in [1.807, 2.05) is 6.08 Å². The summed E-state index contributed by atoms with van der Waals surface area (Å²) in [4.78, 5) is 11.0. The molecule has 1 aromatic rings. The number of phenolic OH excluding ortho intramolecular Hbond substituents is 2. The summed E-state index contributed by atoms with van der Waals surface area (Å²) in [6.45, 7) is 3.03. The molecule has 4 heteroatoms. The van der Waals surface area contributed by atoms with Crippen molar-refractivity contribution in [2.75, 3.05) is 0 Å². The molecule has 0 radical (unpaired) electrons. The van der Waals surface area contributed by atoms with E-state index in [0.717, 1.165) is 0 Å². The fourth-order valence-corrected chi connectivity index (χ4v) is 2.08. The lowest BCUT2D eigenvalue weighted by Crippen LogP contribution is -2.12. The van der Waals surface area contributed by atoms with Gasteiger partial charge in [0.25, 0.3) is 0 Å². The maximum absolute atomic E-state index is 11.0. The minimum absolute atomic E-state index is 0.0471. The van der Waals surface area contributed by atoms with Gasteiger partial charge in [-0.05, 0) is 31.1 Å². The summed E-state index contributed by atoms with van der Waals surface area (Å²) in [6.07, 6.45) is 3.42. The van der Waals surface area contributed by atoms with Crippen molar-refractivity contribution in [3.05, 3.63) is 34.9 Å². The number of aryl methyl sites for hydroxylation is 1. The lowest BCUT2D eigenvalue weighted by atomic mass is 9.91. The molecule has 0 bridgehead atoms. The van der Waals surface area contributed by atoms with Gasteiger partial charge in [0.15, 0.2) is 0 Å². The number of benzene rings is 1.